The van der Waals surface area contributed by atoms with Crippen LogP contribution in [0.2, 0.25) is 0 Å². The molecular weight excluding hydrogens is 871 g/mol. The van der Waals surface area contributed by atoms with Gasteiger partial charge in [-0.2, -0.15) is 0 Å². The highest BCUT2D eigenvalue weighted by atomic mass is 16.6. The molecule has 0 radical (unpaired) electrons. The van der Waals surface area contributed by atoms with Crippen LogP contribution in [-0.2, 0) is 61.8 Å². The van der Waals surface area contributed by atoms with Gasteiger partial charge in [0.25, 0.3) is 0 Å². The fourth-order valence-electron chi connectivity index (χ4n) is 9.37. The van der Waals surface area contributed by atoms with Crippen molar-refractivity contribution in [2.75, 3.05) is 56.8 Å². The number of hydrogen-bond donors (Lipinski definition) is 0. The number of carbonyl (C=O) groups is 4. The summed E-state index contributed by atoms with van der Waals surface area (Å²) in [6.07, 6.45) is 20.1. The first-order valence-electron chi connectivity index (χ1n) is 24.3. The molecule has 2 bridgehead atoms. The molecule has 0 fully saturated rings. The van der Waals surface area contributed by atoms with E-state index in [2.05, 4.69) is 19.9 Å². The lowest BCUT2D eigenvalue weighted by Gasteiger charge is -2.35. The third-order valence-corrected chi connectivity index (χ3v) is 13.9. The summed E-state index contributed by atoms with van der Waals surface area (Å²) in [5.41, 5.74) is 1.93. The van der Waals surface area contributed by atoms with Crippen molar-refractivity contribution in [1.29, 1.82) is 0 Å². The zero-order chi connectivity index (χ0) is 50.9. The maximum absolute atomic E-state index is 13.7. The molecule has 0 aromatic rings. The van der Waals surface area contributed by atoms with Gasteiger partial charge in [-0.05, 0) is 38.5 Å². The summed E-state index contributed by atoms with van der Waals surface area (Å²) in [4.78, 5) is 52.5. The Morgan fingerprint density at radius 3 is 2.00 bits per heavy atom. The first-order chi connectivity index (χ1) is 32.4. The van der Waals surface area contributed by atoms with Crippen molar-refractivity contribution in [3.8, 4) is 0 Å². The lowest BCUT2D eigenvalue weighted by atomic mass is 9.81. The third kappa shape index (κ3) is 20.3. The van der Waals surface area contributed by atoms with Gasteiger partial charge in [0, 0.05) is 130 Å². The Morgan fingerprint density at radius 2 is 1.43 bits per heavy atom. The minimum absolute atomic E-state index is 0.0107. The van der Waals surface area contributed by atoms with Crippen LogP contribution in [-0.4, -0.2) is 141 Å². The summed E-state index contributed by atoms with van der Waals surface area (Å²) in [6, 6.07) is 0. The van der Waals surface area contributed by atoms with Gasteiger partial charge in [0.05, 0.1) is 42.7 Å². The van der Waals surface area contributed by atoms with E-state index in [1.807, 2.05) is 65.0 Å². The number of rotatable bonds is 19. The Kier molecular flexibility index (Phi) is 28.6. The van der Waals surface area contributed by atoms with Gasteiger partial charge in [0.15, 0.2) is 0 Å². The maximum Gasteiger partial charge on any atom is 0.331 e. The van der Waals surface area contributed by atoms with Crippen LogP contribution in [0, 0.1) is 35.5 Å². The molecule has 0 saturated heterocycles. The van der Waals surface area contributed by atoms with Crippen LogP contribution < -0.4 is 0 Å². The van der Waals surface area contributed by atoms with Crippen LogP contribution in [0.15, 0.2) is 72.0 Å². The van der Waals surface area contributed by atoms with Gasteiger partial charge in [0.2, 0.25) is 6.41 Å². The summed E-state index contributed by atoms with van der Waals surface area (Å²) in [6.45, 7) is 14.1. The molecule has 2 aliphatic heterocycles. The number of ether oxygens (including phenoxy) is 9. The van der Waals surface area contributed by atoms with Gasteiger partial charge in [-0.15, -0.1) is 0 Å². The van der Waals surface area contributed by atoms with E-state index in [4.69, 9.17) is 42.6 Å². The van der Waals surface area contributed by atoms with Gasteiger partial charge in [0.1, 0.15) is 18.0 Å². The fourth-order valence-corrected chi connectivity index (χ4v) is 9.37. The number of Topliss-reactive ketones (excluding diaryl/α,β-unsaturated/α-hetero) is 1. The number of amides is 1. The lowest BCUT2D eigenvalue weighted by Crippen LogP contribution is -2.41. The molecular formula is C54H87NO13. The highest BCUT2D eigenvalue weighted by Crippen LogP contribution is 2.33. The Hall–Kier alpha value is -3.76. The number of carbonyl (C=O) groups excluding carboxylic acids is 4. The van der Waals surface area contributed by atoms with Crippen LogP contribution in [0.25, 0.3) is 0 Å². The molecule has 14 nitrogen and oxygen atoms in total. The SMILES string of the molecule is COC1/C=C/C(C)C(C(C)C(OC)C(C)CCC(=O)C(C)C(C/C=C/N(C)C=O)OC)OC(=O)/C=C/C=C(\C)CC(OC)CC2=CC(=O)OC(C2)C(C)C(OC)CC(OC)/C=C/C(C)C(OC)C1. The highest BCUT2D eigenvalue weighted by molar-refractivity contribution is 5.84. The molecule has 0 aliphatic carbocycles. The lowest BCUT2D eigenvalue weighted by molar-refractivity contribution is -0.152. The number of methoxy groups -OCH3 is 7. The minimum atomic E-state index is -0.609. The molecule has 14 heteroatoms. The molecule has 15 atom stereocenters. The molecule has 1 amide bonds. The Morgan fingerprint density at radius 1 is 0.794 bits per heavy atom. The molecule has 0 aromatic carbocycles. The Balaban J connectivity index is 2.49. The average molecular weight is 958 g/mol. The van der Waals surface area contributed by atoms with Crippen LogP contribution in [0.3, 0.4) is 0 Å². The normalized spacial score (nSPS) is 31.9. The predicted molar refractivity (Wildman–Crippen MR) is 264 cm³/mol. The van der Waals surface area contributed by atoms with Crippen molar-refractivity contribution in [3.05, 3.63) is 72.0 Å². The van der Waals surface area contributed by atoms with Crippen molar-refractivity contribution >= 4 is 24.1 Å². The Labute approximate surface area is 408 Å². The number of fused-ring (bicyclic) bond motifs is 2. The maximum atomic E-state index is 13.7. The second-order valence-electron chi connectivity index (χ2n) is 18.9. The van der Waals surface area contributed by atoms with Crippen LogP contribution in [0.4, 0.5) is 0 Å². The zero-order valence-electron chi connectivity index (χ0n) is 43.9. The van der Waals surface area contributed by atoms with E-state index in [0.717, 1.165) is 11.1 Å². The highest BCUT2D eigenvalue weighted by Gasteiger charge is 2.37. The number of nitrogens with zero attached hydrogens (tertiary/aromatic N) is 1. The largest absolute Gasteiger partial charge is 0.458 e. The standard InChI is InChI=1S/C54H87NO13/c1-35-18-16-20-51(58)68-54(41(7)53(66-15)37(3)23-26-46(57)39(5)47(63-12)19-17-27-55(8)34-56)38(4)22-25-43(60-9)32-48(64-13)36(2)21-24-44(61-10)33-49(65-14)40(6)50-30-42(31-52(59)67-50)29-45(28-35)62-11/h16-18,20-22,24-25,27,31,34,36-41,43-45,47-50,53-54H,19,23,26,28-30,32-33H2,1-15H3/b20-16+,24-21+,25-22+,27-17+,35-18+. The Bertz CT molecular complexity index is 1700. The molecule has 2 heterocycles. The van der Waals surface area contributed by atoms with E-state index in [9.17, 15) is 19.2 Å². The number of allylic oxidation sites excluding steroid dienone is 2. The van der Waals surface area contributed by atoms with Gasteiger partial charge < -0.3 is 47.5 Å². The van der Waals surface area contributed by atoms with Crippen LogP contribution in [0.5, 0.6) is 0 Å². The van der Waals surface area contributed by atoms with E-state index >= 15 is 0 Å². The second-order valence-corrected chi connectivity index (χ2v) is 18.9. The van der Waals surface area contributed by atoms with Crippen molar-refractivity contribution in [2.24, 2.45) is 35.5 Å². The number of ketones is 1. The van der Waals surface area contributed by atoms with Crippen LogP contribution in [0.1, 0.15) is 99.8 Å². The van der Waals surface area contributed by atoms with Gasteiger partial charge >= 0.3 is 11.9 Å². The molecule has 0 aromatic heterocycles. The van der Waals surface area contributed by atoms with Crippen LogP contribution >= 0.6 is 0 Å². The predicted octanol–water partition coefficient (Wildman–Crippen LogP) is 8.59. The van der Waals surface area contributed by atoms with Crippen molar-refractivity contribution in [2.45, 2.75) is 155 Å². The molecule has 2 rings (SSSR count). The topological polar surface area (TPSA) is 155 Å². The summed E-state index contributed by atoms with van der Waals surface area (Å²) >= 11 is 0. The summed E-state index contributed by atoms with van der Waals surface area (Å²) < 4.78 is 53.8. The minimum Gasteiger partial charge on any atom is -0.458 e. The monoisotopic (exact) mass is 958 g/mol. The van der Waals surface area contributed by atoms with Gasteiger partial charge in [-0.1, -0.05) is 95.2 Å². The summed E-state index contributed by atoms with van der Waals surface area (Å²) in [7, 11) is 13.3. The molecule has 2 aliphatic rings. The second kappa shape index (κ2) is 32.2. The third-order valence-electron chi connectivity index (χ3n) is 13.9. The molecule has 68 heavy (non-hydrogen) atoms. The zero-order valence-corrected chi connectivity index (χ0v) is 43.9. The van der Waals surface area contributed by atoms with E-state index < -0.39 is 12.1 Å². The summed E-state index contributed by atoms with van der Waals surface area (Å²) in [5, 5.41) is 0. The molecule has 0 saturated carbocycles. The average Bonchev–Trinajstić information content (AvgIpc) is 3.32. The van der Waals surface area contributed by atoms with E-state index in [0.29, 0.717) is 57.8 Å². The van der Waals surface area contributed by atoms with E-state index in [1.165, 1.54) is 11.0 Å². The molecule has 386 valence electrons. The van der Waals surface area contributed by atoms with E-state index in [-0.39, 0.29) is 96.1 Å². The first kappa shape index (κ1) is 60.4. The summed E-state index contributed by atoms with van der Waals surface area (Å²) in [5.74, 6) is -1.91. The van der Waals surface area contributed by atoms with E-state index in [1.54, 1.807) is 75.2 Å². The molecule has 0 N–H and O–H groups in total. The van der Waals surface area contributed by atoms with Crippen molar-refractivity contribution in [3.63, 3.8) is 0 Å². The smallest absolute Gasteiger partial charge is 0.331 e. The first-order valence-corrected chi connectivity index (χ1v) is 24.3. The fraction of sp³-hybridized carbons (Fsp3) is 0.704. The van der Waals surface area contributed by atoms with Crippen molar-refractivity contribution in [1.82, 2.24) is 4.90 Å². The van der Waals surface area contributed by atoms with Gasteiger partial charge in [-0.3, -0.25) is 9.59 Å². The number of esters is 2. The quantitative estimate of drug-likeness (QED) is 0.0691. The van der Waals surface area contributed by atoms with Crippen molar-refractivity contribution < 1.29 is 61.8 Å². The molecule has 0 spiro atoms. The number of cyclic esters (lactones) is 1. The number of hydrogen-bond acceptors (Lipinski definition) is 13. The molecule has 15 unspecified atom stereocenters. The van der Waals surface area contributed by atoms with Gasteiger partial charge in [-0.25, -0.2) is 9.59 Å².